The van der Waals surface area contributed by atoms with Crippen LogP contribution in [0, 0.1) is 5.92 Å². The van der Waals surface area contributed by atoms with E-state index in [1.54, 1.807) is 6.20 Å². The summed E-state index contributed by atoms with van der Waals surface area (Å²) in [5.41, 5.74) is 6.54. The number of aromatic nitrogens is 1. The van der Waals surface area contributed by atoms with Crippen LogP contribution in [0.1, 0.15) is 26.7 Å². The Morgan fingerprint density at radius 2 is 2.37 bits per heavy atom. The topological polar surface area (TPSA) is 71.2 Å². The Morgan fingerprint density at radius 1 is 1.58 bits per heavy atom. The molecule has 19 heavy (non-hydrogen) atoms. The molecule has 1 aromatic heterocycles. The van der Waals surface area contributed by atoms with E-state index in [4.69, 9.17) is 5.73 Å². The number of anilines is 2. The molecule has 0 radical (unpaired) electrons. The average Bonchev–Trinajstić information content (AvgIpc) is 2.39. The lowest BCUT2D eigenvalue weighted by Gasteiger charge is -2.38. The fourth-order valence-electron chi connectivity index (χ4n) is 2.57. The van der Waals surface area contributed by atoms with Crippen molar-refractivity contribution in [1.82, 2.24) is 4.98 Å². The Hall–Kier alpha value is -1.78. The summed E-state index contributed by atoms with van der Waals surface area (Å²) in [6, 6.07) is 4.44. The molecule has 2 unspecified atom stereocenters. The Bertz CT molecular complexity index is 449. The van der Waals surface area contributed by atoms with Gasteiger partial charge in [-0.15, -0.1) is 0 Å². The summed E-state index contributed by atoms with van der Waals surface area (Å²) in [7, 11) is 0. The molecule has 2 rings (SSSR count). The minimum absolute atomic E-state index is 0.0491. The predicted octanol–water partition coefficient (Wildman–Crippen LogP) is 1.60. The molecule has 1 aromatic rings. The first-order valence-electron chi connectivity index (χ1n) is 6.87. The number of hydrogen-bond acceptors (Lipinski definition) is 4. The highest BCUT2D eigenvalue weighted by Crippen LogP contribution is 2.28. The summed E-state index contributed by atoms with van der Waals surface area (Å²) in [4.78, 5) is 17.9. The van der Waals surface area contributed by atoms with Gasteiger partial charge >= 0.3 is 0 Å². The van der Waals surface area contributed by atoms with Crippen molar-refractivity contribution in [2.45, 2.75) is 32.7 Å². The molecule has 1 fully saturated rings. The van der Waals surface area contributed by atoms with Crippen LogP contribution >= 0.6 is 0 Å². The van der Waals surface area contributed by atoms with Gasteiger partial charge in [-0.25, -0.2) is 4.98 Å². The van der Waals surface area contributed by atoms with Crippen LogP contribution in [0.25, 0.3) is 0 Å². The average molecular weight is 262 g/mol. The van der Waals surface area contributed by atoms with Crippen molar-refractivity contribution < 1.29 is 4.79 Å². The summed E-state index contributed by atoms with van der Waals surface area (Å²) >= 11 is 0. The van der Waals surface area contributed by atoms with E-state index in [9.17, 15) is 4.79 Å². The summed E-state index contributed by atoms with van der Waals surface area (Å²) in [6.07, 6.45) is 3.68. The molecule has 104 valence electrons. The van der Waals surface area contributed by atoms with Crippen molar-refractivity contribution in [3.05, 3.63) is 18.3 Å². The molecule has 1 aliphatic rings. The minimum Gasteiger partial charge on any atom is -0.370 e. The minimum atomic E-state index is -0.196. The van der Waals surface area contributed by atoms with E-state index in [1.807, 2.05) is 19.1 Å². The molecule has 3 N–H and O–H groups in total. The molecule has 0 aromatic carbocycles. The van der Waals surface area contributed by atoms with Crippen LogP contribution in [-0.2, 0) is 4.79 Å². The van der Waals surface area contributed by atoms with E-state index in [0.717, 1.165) is 30.9 Å². The van der Waals surface area contributed by atoms with Gasteiger partial charge in [0.25, 0.3) is 0 Å². The van der Waals surface area contributed by atoms with E-state index >= 15 is 0 Å². The first-order valence-corrected chi connectivity index (χ1v) is 6.87. The van der Waals surface area contributed by atoms with Gasteiger partial charge in [-0.1, -0.05) is 0 Å². The fraction of sp³-hybridized carbons (Fsp3) is 0.571. The second-order valence-corrected chi connectivity index (χ2v) is 5.11. The Morgan fingerprint density at radius 3 is 3.05 bits per heavy atom. The zero-order valence-corrected chi connectivity index (χ0v) is 11.6. The van der Waals surface area contributed by atoms with Gasteiger partial charge < -0.3 is 16.0 Å². The second-order valence-electron chi connectivity index (χ2n) is 5.11. The summed E-state index contributed by atoms with van der Waals surface area (Å²) < 4.78 is 0. The smallest absolute Gasteiger partial charge is 0.222 e. The van der Waals surface area contributed by atoms with Crippen LogP contribution in [0.4, 0.5) is 11.5 Å². The van der Waals surface area contributed by atoms with E-state index in [0.29, 0.717) is 12.6 Å². The first-order chi connectivity index (χ1) is 9.11. The lowest BCUT2D eigenvalue weighted by Crippen LogP contribution is -2.45. The molecule has 0 spiro atoms. The molecule has 5 nitrogen and oxygen atoms in total. The highest BCUT2D eigenvalue weighted by atomic mass is 16.1. The highest BCUT2D eigenvalue weighted by molar-refractivity contribution is 5.77. The lowest BCUT2D eigenvalue weighted by molar-refractivity contribution is -0.122. The van der Waals surface area contributed by atoms with Gasteiger partial charge in [-0.3, -0.25) is 4.79 Å². The molecule has 1 saturated heterocycles. The molecule has 1 amide bonds. The molecule has 0 bridgehead atoms. The number of nitrogens with one attached hydrogen (secondary N) is 1. The van der Waals surface area contributed by atoms with Crippen LogP contribution < -0.4 is 16.0 Å². The third-order valence-corrected chi connectivity index (χ3v) is 3.72. The normalized spacial score (nSPS) is 23.2. The Balaban J connectivity index is 2.18. The van der Waals surface area contributed by atoms with Crippen LogP contribution in [0.3, 0.4) is 0 Å². The quantitative estimate of drug-likeness (QED) is 0.864. The van der Waals surface area contributed by atoms with Gasteiger partial charge in [-0.05, 0) is 32.8 Å². The van der Waals surface area contributed by atoms with Crippen molar-refractivity contribution >= 4 is 17.4 Å². The monoisotopic (exact) mass is 262 g/mol. The maximum atomic E-state index is 11.4. The Labute approximate surface area is 114 Å². The largest absolute Gasteiger partial charge is 0.370 e. The second kappa shape index (κ2) is 5.91. The van der Waals surface area contributed by atoms with Crippen LogP contribution in [0.15, 0.2) is 18.3 Å². The summed E-state index contributed by atoms with van der Waals surface area (Å²) in [5.74, 6) is 0.623. The summed E-state index contributed by atoms with van der Waals surface area (Å²) in [5, 5.41) is 3.21. The maximum absolute atomic E-state index is 11.4. The van der Waals surface area contributed by atoms with Crippen molar-refractivity contribution in [3.63, 3.8) is 0 Å². The molecule has 5 heteroatoms. The number of primary amides is 1. The van der Waals surface area contributed by atoms with Gasteiger partial charge in [0.05, 0.1) is 5.92 Å². The molecule has 0 saturated carbocycles. The number of amides is 1. The number of piperidine rings is 1. The molecule has 1 aliphatic heterocycles. The SMILES string of the molecule is CCNc1cc(N2CC(C(N)=O)CCC2C)ccn1. The van der Waals surface area contributed by atoms with E-state index in [-0.39, 0.29) is 11.8 Å². The number of carbonyl (C=O) groups is 1. The van der Waals surface area contributed by atoms with Gasteiger partial charge in [0.1, 0.15) is 5.82 Å². The zero-order valence-electron chi connectivity index (χ0n) is 11.6. The van der Waals surface area contributed by atoms with Crippen LogP contribution in [-0.4, -0.2) is 30.0 Å². The molecule has 0 aliphatic carbocycles. The van der Waals surface area contributed by atoms with Crippen molar-refractivity contribution in [1.29, 1.82) is 0 Å². The Kier molecular flexibility index (Phi) is 4.24. The number of carbonyl (C=O) groups excluding carboxylic acids is 1. The van der Waals surface area contributed by atoms with Gasteiger partial charge in [-0.2, -0.15) is 0 Å². The zero-order chi connectivity index (χ0) is 13.8. The lowest BCUT2D eigenvalue weighted by atomic mass is 9.92. The maximum Gasteiger partial charge on any atom is 0.222 e. The third-order valence-electron chi connectivity index (χ3n) is 3.72. The van der Waals surface area contributed by atoms with Gasteiger partial charge in [0.15, 0.2) is 0 Å². The molecule has 2 atom stereocenters. The number of pyridine rings is 1. The first kappa shape index (κ1) is 13.6. The summed E-state index contributed by atoms with van der Waals surface area (Å²) in [6.45, 7) is 5.77. The van der Waals surface area contributed by atoms with E-state index < -0.39 is 0 Å². The van der Waals surface area contributed by atoms with Crippen molar-refractivity contribution in [2.24, 2.45) is 11.7 Å². The third kappa shape index (κ3) is 3.16. The number of hydrogen-bond donors (Lipinski definition) is 2. The van der Waals surface area contributed by atoms with Crippen LogP contribution in [0.5, 0.6) is 0 Å². The number of rotatable bonds is 4. The van der Waals surface area contributed by atoms with Gasteiger partial charge in [0.2, 0.25) is 5.91 Å². The van der Waals surface area contributed by atoms with Gasteiger partial charge in [0, 0.05) is 37.1 Å². The number of nitrogens with zero attached hydrogens (tertiary/aromatic N) is 2. The molecule has 2 heterocycles. The van der Waals surface area contributed by atoms with Crippen molar-refractivity contribution in [2.75, 3.05) is 23.3 Å². The standard InChI is InChI=1S/C14H22N4O/c1-3-16-13-8-12(6-7-17-13)18-9-11(14(15)19)5-4-10(18)2/h6-8,10-11H,3-5,9H2,1-2H3,(H2,15,19)(H,16,17). The van der Waals surface area contributed by atoms with E-state index in [2.05, 4.69) is 22.1 Å². The fourth-order valence-corrected chi connectivity index (χ4v) is 2.57. The van der Waals surface area contributed by atoms with Crippen LogP contribution in [0.2, 0.25) is 0 Å². The van der Waals surface area contributed by atoms with Crippen molar-refractivity contribution in [3.8, 4) is 0 Å². The predicted molar refractivity (Wildman–Crippen MR) is 77.1 cm³/mol. The number of nitrogens with two attached hydrogens (primary N) is 1. The molecular weight excluding hydrogens is 240 g/mol. The van der Waals surface area contributed by atoms with E-state index in [1.165, 1.54) is 0 Å². The highest BCUT2D eigenvalue weighted by Gasteiger charge is 2.28. The molecular formula is C14H22N4O.